The summed E-state index contributed by atoms with van der Waals surface area (Å²) in [7, 11) is 0. The van der Waals surface area contributed by atoms with Gasteiger partial charge in [0.05, 0.1) is 12.4 Å². The molecule has 0 spiro atoms. The minimum absolute atomic E-state index is 0. The fraction of sp³-hybridized carbons (Fsp3) is 0.0714. The Morgan fingerprint density at radius 2 is 1.91 bits per heavy atom. The number of aromatic nitrogens is 4. The summed E-state index contributed by atoms with van der Waals surface area (Å²) >= 11 is 6.12. The summed E-state index contributed by atoms with van der Waals surface area (Å²) in [6.45, 7) is 0. The van der Waals surface area contributed by atoms with Crippen molar-refractivity contribution in [3.05, 3.63) is 47.6 Å². The van der Waals surface area contributed by atoms with Crippen molar-refractivity contribution < 1.29 is 14.3 Å². The topological polar surface area (TPSA) is 102 Å². The third-order valence-corrected chi connectivity index (χ3v) is 3.05. The van der Waals surface area contributed by atoms with Crippen molar-refractivity contribution >= 4 is 36.4 Å². The third-order valence-electron chi connectivity index (χ3n) is 2.83. The Bertz CT molecular complexity index is 826. The Hall–Kier alpha value is -2.20. The van der Waals surface area contributed by atoms with Crippen LogP contribution in [0.1, 0.15) is 5.89 Å². The number of hydrogen-bond acceptors (Lipinski definition) is 6. The maximum atomic E-state index is 10.6. The molecule has 1 aromatic carbocycles. The van der Waals surface area contributed by atoms with Gasteiger partial charge < -0.3 is 9.52 Å². The monoisotopic (exact) mass is 323 g/mol. The average Bonchev–Trinajstić information content (AvgIpc) is 2.95. The fourth-order valence-corrected chi connectivity index (χ4v) is 2.15. The second-order valence-corrected chi connectivity index (χ2v) is 4.87. The Morgan fingerprint density at radius 3 is 2.61 bits per heavy atom. The van der Waals surface area contributed by atoms with E-state index in [9.17, 15) is 4.79 Å². The van der Waals surface area contributed by atoms with Crippen molar-refractivity contribution in [1.82, 2.24) is 20.4 Å². The van der Waals surface area contributed by atoms with E-state index in [1.54, 1.807) is 36.7 Å². The van der Waals surface area contributed by atoms with Gasteiger partial charge >= 0.3 is 5.97 Å². The van der Waals surface area contributed by atoms with Crippen molar-refractivity contribution in [2.75, 3.05) is 0 Å². The molecule has 3 aromatic rings. The summed E-state index contributed by atoms with van der Waals surface area (Å²) in [6.07, 6.45) is 2.86. The summed E-state index contributed by atoms with van der Waals surface area (Å²) < 4.78 is 5.34. The van der Waals surface area contributed by atoms with Crippen LogP contribution < -0.4 is 0 Å². The van der Waals surface area contributed by atoms with Gasteiger partial charge in [0.25, 0.3) is 0 Å². The van der Waals surface area contributed by atoms with E-state index in [4.69, 9.17) is 21.1 Å². The smallest absolute Gasteiger partial charge is 0.312 e. The average molecular weight is 324 g/mol. The molecule has 2 aromatic heterocycles. The number of carbonyl (C=O) groups is 1. The van der Waals surface area contributed by atoms with Crippen LogP contribution in [0.4, 0.5) is 0 Å². The molecule has 111 valence electrons. The van der Waals surface area contributed by atoms with Gasteiger partial charge in [0.15, 0.2) is 0 Å². The number of rotatable bonds is 4. The number of benzene rings is 1. The van der Waals surface area contributed by atoms with Crippen molar-refractivity contribution in [2.24, 2.45) is 0 Å². The molecule has 0 saturated heterocycles. The maximum absolute atomic E-state index is 10.6. The van der Waals surface area contributed by atoms with E-state index in [-0.39, 0.29) is 37.1 Å². The van der Waals surface area contributed by atoms with E-state index in [0.717, 1.165) is 11.1 Å². The van der Waals surface area contributed by atoms with Crippen LogP contribution in [0.25, 0.3) is 22.6 Å². The van der Waals surface area contributed by atoms with Crippen LogP contribution >= 0.6 is 11.6 Å². The molecule has 0 unspecified atom stereocenters. The molecule has 3 rings (SSSR count). The molecule has 0 aliphatic carbocycles. The normalized spacial score (nSPS) is 10.1. The maximum Gasteiger partial charge on any atom is 0.312 e. The first-order valence-electron chi connectivity index (χ1n) is 6.24. The van der Waals surface area contributed by atoms with Crippen LogP contribution in [0.3, 0.4) is 0 Å². The largest absolute Gasteiger partial charge is 0.481 e. The summed E-state index contributed by atoms with van der Waals surface area (Å²) in [5.74, 6) is -0.790. The zero-order chi connectivity index (χ0) is 15.5. The molecule has 0 fully saturated rings. The van der Waals surface area contributed by atoms with Crippen LogP contribution in [0.5, 0.6) is 0 Å². The van der Waals surface area contributed by atoms with Crippen molar-refractivity contribution in [3.8, 4) is 22.6 Å². The van der Waals surface area contributed by atoms with Crippen molar-refractivity contribution in [1.29, 1.82) is 0 Å². The first-order chi connectivity index (χ1) is 10.6. The van der Waals surface area contributed by atoms with Gasteiger partial charge in [-0.1, -0.05) is 11.6 Å². The van der Waals surface area contributed by atoms with Crippen LogP contribution in [0, 0.1) is 0 Å². The molecule has 0 saturated carbocycles. The number of halogens is 1. The Balaban J connectivity index is 0.00000192. The van der Waals surface area contributed by atoms with Crippen molar-refractivity contribution in [3.63, 3.8) is 0 Å². The van der Waals surface area contributed by atoms with E-state index in [1.165, 1.54) is 0 Å². The van der Waals surface area contributed by atoms with Crippen LogP contribution in [-0.4, -0.2) is 50.3 Å². The SMILES string of the molecule is O=C(O)Cc1nnc(-c2cc(Cl)cc(-c3ccnnc3)c2)o1.[Li]. The summed E-state index contributed by atoms with van der Waals surface area (Å²) in [5, 5.41) is 24.3. The summed E-state index contributed by atoms with van der Waals surface area (Å²) in [5.41, 5.74) is 2.25. The van der Waals surface area contributed by atoms with Gasteiger partial charge in [-0.3, -0.25) is 4.79 Å². The zero-order valence-corrected chi connectivity index (χ0v) is 12.9. The van der Waals surface area contributed by atoms with Gasteiger partial charge in [-0.15, -0.1) is 10.2 Å². The van der Waals surface area contributed by atoms with Gasteiger partial charge in [-0.05, 0) is 29.8 Å². The molecule has 0 aliphatic rings. The van der Waals surface area contributed by atoms with E-state index in [1.807, 2.05) is 0 Å². The van der Waals surface area contributed by atoms with Crippen LogP contribution in [0.2, 0.25) is 5.02 Å². The molecule has 0 amide bonds. The van der Waals surface area contributed by atoms with Gasteiger partial charge in [-0.2, -0.15) is 10.2 Å². The van der Waals surface area contributed by atoms with E-state index < -0.39 is 5.97 Å². The molecule has 1 N–H and O–H groups in total. The Labute approximate surface area is 147 Å². The molecular formula is C14H9ClLiN4O3. The molecular weight excluding hydrogens is 315 g/mol. The van der Waals surface area contributed by atoms with Gasteiger partial charge in [0.2, 0.25) is 11.8 Å². The number of carboxylic acids is 1. The first kappa shape index (κ1) is 17.2. The predicted octanol–water partition coefficient (Wildman–Crippen LogP) is 2.09. The first-order valence-corrected chi connectivity index (χ1v) is 6.62. The minimum atomic E-state index is -1.04. The second-order valence-electron chi connectivity index (χ2n) is 4.43. The van der Waals surface area contributed by atoms with Crippen molar-refractivity contribution in [2.45, 2.75) is 6.42 Å². The second kappa shape index (κ2) is 7.38. The predicted molar refractivity (Wildman–Crippen MR) is 82.9 cm³/mol. The summed E-state index contributed by atoms with van der Waals surface area (Å²) in [6, 6.07) is 7.04. The van der Waals surface area contributed by atoms with Crippen LogP contribution in [-0.2, 0) is 11.2 Å². The number of nitrogens with zero attached hydrogens (tertiary/aromatic N) is 4. The Kier molecular flexibility index (Phi) is 5.50. The number of aliphatic carboxylic acids is 1. The fourth-order valence-electron chi connectivity index (χ4n) is 1.91. The van der Waals surface area contributed by atoms with Gasteiger partial charge in [-0.25, -0.2) is 0 Å². The molecule has 9 heteroatoms. The molecule has 2 heterocycles. The minimum Gasteiger partial charge on any atom is -0.481 e. The van der Waals surface area contributed by atoms with Gasteiger partial charge in [0.1, 0.15) is 6.42 Å². The molecule has 1 radical (unpaired) electrons. The molecule has 0 atom stereocenters. The third kappa shape index (κ3) is 4.17. The summed E-state index contributed by atoms with van der Waals surface area (Å²) in [4.78, 5) is 10.6. The quantitative estimate of drug-likeness (QED) is 0.733. The van der Waals surface area contributed by atoms with Crippen LogP contribution in [0.15, 0.2) is 41.1 Å². The van der Waals surface area contributed by atoms with E-state index in [0.29, 0.717) is 10.6 Å². The molecule has 0 aliphatic heterocycles. The number of carboxylic acid groups (broad SMARTS) is 1. The van der Waals surface area contributed by atoms with E-state index in [2.05, 4.69) is 20.4 Å². The number of hydrogen-bond donors (Lipinski definition) is 1. The zero-order valence-electron chi connectivity index (χ0n) is 12.1. The molecule has 23 heavy (non-hydrogen) atoms. The molecule has 0 bridgehead atoms. The molecule has 7 nitrogen and oxygen atoms in total. The Morgan fingerprint density at radius 1 is 1.13 bits per heavy atom. The van der Waals surface area contributed by atoms with E-state index >= 15 is 0 Å². The standard InChI is InChI=1S/C14H9ClN4O3.Li/c15-11-4-9(8-1-2-16-17-7-8)3-10(5-11)14-19-18-12(22-14)6-13(20)21;/h1-5,7H,6H2,(H,20,21);. The van der Waals surface area contributed by atoms with Gasteiger partial charge in [0, 0.05) is 35.0 Å².